The van der Waals surface area contributed by atoms with Crippen molar-refractivity contribution in [3.63, 3.8) is 0 Å². The van der Waals surface area contributed by atoms with Crippen molar-refractivity contribution < 1.29 is 22.0 Å². The van der Waals surface area contributed by atoms with Gasteiger partial charge in [0.1, 0.15) is 11.6 Å². The lowest BCUT2D eigenvalue weighted by molar-refractivity contribution is -0.126. The SMILES string of the molecule is C[C@@H](NC(=O)[C@H](C)N1CCCN(S(=O)(=O)c2ccc(F)cc2)CC1)c1ccc(F)cc1. The number of halogens is 2. The average molecular weight is 452 g/mol. The molecule has 0 aliphatic carbocycles. The quantitative estimate of drug-likeness (QED) is 0.733. The van der Waals surface area contributed by atoms with E-state index in [0.717, 1.165) is 17.7 Å². The lowest BCUT2D eigenvalue weighted by atomic mass is 10.1. The van der Waals surface area contributed by atoms with Gasteiger partial charge < -0.3 is 5.32 Å². The summed E-state index contributed by atoms with van der Waals surface area (Å²) in [5.41, 5.74) is 0.800. The van der Waals surface area contributed by atoms with E-state index in [1.807, 2.05) is 11.8 Å². The molecule has 1 heterocycles. The van der Waals surface area contributed by atoms with Crippen LogP contribution in [0.5, 0.6) is 0 Å². The zero-order valence-corrected chi connectivity index (χ0v) is 18.4. The fraction of sp³-hybridized carbons (Fsp3) is 0.409. The number of amides is 1. The first-order chi connectivity index (χ1) is 14.7. The molecule has 0 radical (unpaired) electrons. The van der Waals surface area contributed by atoms with Crippen LogP contribution in [0.25, 0.3) is 0 Å². The molecule has 0 unspecified atom stereocenters. The fourth-order valence-corrected chi connectivity index (χ4v) is 5.10. The van der Waals surface area contributed by atoms with E-state index in [2.05, 4.69) is 5.32 Å². The zero-order chi connectivity index (χ0) is 22.6. The fourth-order valence-electron chi connectivity index (χ4n) is 3.63. The van der Waals surface area contributed by atoms with Crippen LogP contribution in [0.15, 0.2) is 53.4 Å². The summed E-state index contributed by atoms with van der Waals surface area (Å²) in [5.74, 6) is -0.997. The molecule has 0 spiro atoms. The lowest BCUT2D eigenvalue weighted by Crippen LogP contribution is -2.47. The van der Waals surface area contributed by atoms with Crippen LogP contribution in [-0.4, -0.2) is 55.8 Å². The number of carbonyl (C=O) groups is 1. The maximum absolute atomic E-state index is 13.1. The van der Waals surface area contributed by atoms with Gasteiger partial charge in [0.05, 0.1) is 17.0 Å². The minimum atomic E-state index is -3.72. The Morgan fingerprint density at radius 1 is 0.903 bits per heavy atom. The second-order valence-corrected chi connectivity index (χ2v) is 9.64. The smallest absolute Gasteiger partial charge is 0.243 e. The number of carbonyl (C=O) groups excluding carboxylic acids is 1. The van der Waals surface area contributed by atoms with Gasteiger partial charge in [-0.15, -0.1) is 0 Å². The van der Waals surface area contributed by atoms with E-state index in [0.29, 0.717) is 26.1 Å². The highest BCUT2D eigenvalue weighted by atomic mass is 32.2. The number of hydrogen-bond acceptors (Lipinski definition) is 4. The molecule has 1 N–H and O–H groups in total. The molecule has 1 fully saturated rings. The summed E-state index contributed by atoms with van der Waals surface area (Å²) in [5, 5.41) is 2.94. The normalized spacial score (nSPS) is 18.2. The molecule has 0 aromatic heterocycles. The third-order valence-corrected chi connectivity index (χ3v) is 7.51. The monoisotopic (exact) mass is 451 g/mol. The van der Waals surface area contributed by atoms with Crippen molar-refractivity contribution in [2.45, 2.75) is 37.2 Å². The maximum Gasteiger partial charge on any atom is 0.243 e. The number of hydrogen-bond donors (Lipinski definition) is 1. The Morgan fingerprint density at radius 3 is 2.10 bits per heavy atom. The van der Waals surface area contributed by atoms with Crippen LogP contribution in [-0.2, 0) is 14.8 Å². The molecule has 2 atom stereocenters. The van der Waals surface area contributed by atoms with Crippen LogP contribution in [0.3, 0.4) is 0 Å². The third-order valence-electron chi connectivity index (χ3n) is 5.60. The molecule has 9 heteroatoms. The molecule has 3 rings (SSSR count). The van der Waals surface area contributed by atoms with E-state index in [1.54, 1.807) is 19.1 Å². The van der Waals surface area contributed by atoms with Crippen molar-refractivity contribution >= 4 is 15.9 Å². The maximum atomic E-state index is 13.1. The number of nitrogens with one attached hydrogen (secondary N) is 1. The topological polar surface area (TPSA) is 69.7 Å². The van der Waals surface area contributed by atoms with E-state index < -0.39 is 21.9 Å². The van der Waals surface area contributed by atoms with Gasteiger partial charge in [0, 0.05) is 26.2 Å². The van der Waals surface area contributed by atoms with Crippen molar-refractivity contribution in [1.82, 2.24) is 14.5 Å². The van der Waals surface area contributed by atoms with Gasteiger partial charge >= 0.3 is 0 Å². The van der Waals surface area contributed by atoms with Crippen molar-refractivity contribution in [2.75, 3.05) is 26.2 Å². The minimum absolute atomic E-state index is 0.0567. The van der Waals surface area contributed by atoms with Gasteiger partial charge in [-0.25, -0.2) is 17.2 Å². The Kier molecular flexibility index (Phi) is 7.40. The standard InChI is InChI=1S/C22H27F2N3O3S/c1-16(18-4-6-19(23)7-5-18)25-22(28)17(2)26-12-3-13-27(15-14-26)31(29,30)21-10-8-20(24)9-11-21/h4-11,16-17H,3,12-15H2,1-2H3,(H,25,28)/t16-,17+/m1/s1. The molecule has 1 saturated heterocycles. The van der Waals surface area contributed by atoms with E-state index in [4.69, 9.17) is 0 Å². The molecular weight excluding hydrogens is 424 g/mol. The molecule has 168 valence electrons. The van der Waals surface area contributed by atoms with Crippen LogP contribution < -0.4 is 5.32 Å². The minimum Gasteiger partial charge on any atom is -0.348 e. The Balaban J connectivity index is 1.61. The first-order valence-electron chi connectivity index (χ1n) is 10.2. The van der Waals surface area contributed by atoms with E-state index in [9.17, 15) is 22.0 Å². The molecule has 31 heavy (non-hydrogen) atoms. The molecule has 1 aliphatic heterocycles. The third kappa shape index (κ3) is 5.66. The van der Waals surface area contributed by atoms with Crippen LogP contribution in [0.4, 0.5) is 8.78 Å². The predicted molar refractivity (Wildman–Crippen MR) is 114 cm³/mol. The molecule has 2 aromatic carbocycles. The second-order valence-electron chi connectivity index (χ2n) is 7.71. The van der Waals surface area contributed by atoms with Crippen molar-refractivity contribution in [3.05, 3.63) is 65.7 Å². The Labute approximate surface area is 181 Å². The summed E-state index contributed by atoms with van der Waals surface area (Å²) in [7, 11) is -3.72. The summed E-state index contributed by atoms with van der Waals surface area (Å²) < 4.78 is 53.4. The van der Waals surface area contributed by atoms with Gasteiger partial charge in [0.2, 0.25) is 15.9 Å². The van der Waals surface area contributed by atoms with Crippen LogP contribution in [0.1, 0.15) is 31.9 Å². The summed E-state index contributed by atoms with van der Waals surface area (Å²) in [6.07, 6.45) is 0.575. The van der Waals surface area contributed by atoms with Crippen LogP contribution in [0.2, 0.25) is 0 Å². The summed E-state index contributed by atoms with van der Waals surface area (Å²) in [4.78, 5) is 14.8. The highest BCUT2D eigenvalue weighted by Gasteiger charge is 2.30. The average Bonchev–Trinajstić information content (AvgIpc) is 3.00. The molecule has 2 aromatic rings. The first-order valence-corrected chi connectivity index (χ1v) is 11.7. The van der Waals surface area contributed by atoms with Gasteiger partial charge in [-0.2, -0.15) is 4.31 Å². The van der Waals surface area contributed by atoms with Crippen molar-refractivity contribution in [1.29, 1.82) is 0 Å². The van der Waals surface area contributed by atoms with Crippen LogP contribution in [0, 0.1) is 11.6 Å². The Bertz CT molecular complexity index is 998. The zero-order valence-electron chi connectivity index (χ0n) is 17.6. The van der Waals surface area contributed by atoms with Gasteiger partial charge in [-0.1, -0.05) is 12.1 Å². The molecule has 6 nitrogen and oxygen atoms in total. The molecule has 1 amide bonds. The summed E-state index contributed by atoms with van der Waals surface area (Å²) in [6.45, 7) is 5.17. The number of rotatable bonds is 6. The largest absolute Gasteiger partial charge is 0.348 e. The van der Waals surface area contributed by atoms with Gasteiger partial charge in [-0.3, -0.25) is 9.69 Å². The summed E-state index contributed by atoms with van der Waals surface area (Å²) in [6, 6.07) is 10.0. The highest BCUT2D eigenvalue weighted by molar-refractivity contribution is 7.89. The van der Waals surface area contributed by atoms with E-state index in [-0.39, 0.29) is 29.2 Å². The molecule has 0 bridgehead atoms. The Hall–Kier alpha value is -2.36. The van der Waals surface area contributed by atoms with Gasteiger partial charge in [-0.05, 0) is 62.2 Å². The Morgan fingerprint density at radius 2 is 1.48 bits per heavy atom. The summed E-state index contributed by atoms with van der Waals surface area (Å²) >= 11 is 0. The molecule has 0 saturated carbocycles. The predicted octanol–water partition coefficient (Wildman–Crippen LogP) is 2.93. The second kappa shape index (κ2) is 9.84. The van der Waals surface area contributed by atoms with Crippen LogP contribution >= 0.6 is 0 Å². The molecular formula is C22H27F2N3O3S. The van der Waals surface area contributed by atoms with Gasteiger partial charge in [0.25, 0.3) is 0 Å². The number of sulfonamides is 1. The van der Waals surface area contributed by atoms with Crippen molar-refractivity contribution in [3.8, 4) is 0 Å². The van der Waals surface area contributed by atoms with Gasteiger partial charge in [0.15, 0.2) is 0 Å². The lowest BCUT2D eigenvalue weighted by Gasteiger charge is -2.28. The number of nitrogens with zero attached hydrogens (tertiary/aromatic N) is 2. The van der Waals surface area contributed by atoms with Crippen molar-refractivity contribution in [2.24, 2.45) is 0 Å². The molecule has 1 aliphatic rings. The number of benzene rings is 2. The van der Waals surface area contributed by atoms with E-state index in [1.165, 1.54) is 28.6 Å². The first kappa shape index (κ1) is 23.3. The van der Waals surface area contributed by atoms with E-state index >= 15 is 0 Å². The highest BCUT2D eigenvalue weighted by Crippen LogP contribution is 2.19.